The van der Waals surface area contributed by atoms with Crippen LogP contribution in [0.5, 0.6) is 0 Å². The average Bonchev–Trinajstić information content (AvgIpc) is 2.17. The zero-order chi connectivity index (χ0) is 11.4. The molecular formula is C9H8ClNaO4S. The first-order valence-corrected chi connectivity index (χ1v) is 5.57. The van der Waals surface area contributed by atoms with Crippen LogP contribution in [-0.2, 0) is 15.8 Å². The summed E-state index contributed by atoms with van der Waals surface area (Å²) in [4.78, 5) is 11.3. The average molecular weight is 271 g/mol. The maximum Gasteiger partial charge on any atom is 1.00 e. The van der Waals surface area contributed by atoms with Crippen LogP contribution >= 0.6 is 11.6 Å². The van der Waals surface area contributed by atoms with Gasteiger partial charge in [-0.1, -0.05) is 11.6 Å². The molecule has 0 saturated heterocycles. The van der Waals surface area contributed by atoms with E-state index in [0.717, 1.165) is 0 Å². The molecule has 0 bridgehead atoms. The fraction of sp³-hybridized carbons (Fsp3) is 0.222. The number of carbonyl (C=O) groups is 1. The van der Waals surface area contributed by atoms with E-state index >= 15 is 0 Å². The molecule has 1 aromatic rings. The maximum atomic E-state index is 11.3. The Morgan fingerprint density at radius 3 is 2.62 bits per heavy atom. The molecule has 0 radical (unpaired) electrons. The van der Waals surface area contributed by atoms with Crippen LogP contribution < -0.4 is 29.6 Å². The van der Waals surface area contributed by atoms with E-state index in [2.05, 4.69) is 0 Å². The van der Waals surface area contributed by atoms with Crippen molar-refractivity contribution in [1.82, 2.24) is 0 Å². The van der Waals surface area contributed by atoms with Gasteiger partial charge in [0.15, 0.2) is 0 Å². The van der Waals surface area contributed by atoms with Gasteiger partial charge in [0, 0.05) is 9.92 Å². The van der Waals surface area contributed by atoms with Gasteiger partial charge in [-0.25, -0.2) is 4.79 Å². The van der Waals surface area contributed by atoms with Gasteiger partial charge in [0.1, 0.15) is 0 Å². The third kappa shape index (κ3) is 4.53. The molecular weight excluding hydrogens is 263 g/mol. The Hall–Kier alpha value is 0.0900. The third-order valence-corrected chi connectivity index (χ3v) is 2.41. The van der Waals surface area contributed by atoms with Crippen LogP contribution in [0, 0.1) is 0 Å². The minimum Gasteiger partial charge on any atom is -0.768 e. The SMILES string of the molecule is CCOC(=O)c1cc(Cl)cc(S(=O)[O-])c1.[Na+]. The van der Waals surface area contributed by atoms with Crippen molar-refractivity contribution in [3.63, 3.8) is 0 Å². The standard InChI is InChI=1S/C9H9ClO4S.Na/c1-2-14-9(11)6-3-7(10)5-8(4-6)15(12)13;/h3-5H,2H2,1H3,(H,12,13);/q;+1/p-1. The minimum absolute atomic E-state index is 0. The predicted octanol–water partition coefficient (Wildman–Crippen LogP) is -1.24. The van der Waals surface area contributed by atoms with Gasteiger partial charge in [0.05, 0.1) is 12.2 Å². The van der Waals surface area contributed by atoms with Crippen LogP contribution in [0.15, 0.2) is 23.1 Å². The molecule has 4 nitrogen and oxygen atoms in total. The summed E-state index contributed by atoms with van der Waals surface area (Å²) in [7, 11) is 0. The molecule has 0 amide bonds. The Morgan fingerprint density at radius 2 is 2.12 bits per heavy atom. The molecule has 0 heterocycles. The molecule has 0 aliphatic heterocycles. The molecule has 0 aliphatic rings. The van der Waals surface area contributed by atoms with E-state index in [1.54, 1.807) is 6.92 Å². The smallest absolute Gasteiger partial charge is 0.768 e. The first kappa shape index (κ1) is 16.1. The molecule has 1 aromatic carbocycles. The van der Waals surface area contributed by atoms with Gasteiger partial charge in [-0.05, 0) is 36.2 Å². The summed E-state index contributed by atoms with van der Waals surface area (Å²) in [6, 6.07) is 3.83. The molecule has 16 heavy (non-hydrogen) atoms. The molecule has 0 spiro atoms. The molecule has 1 unspecified atom stereocenters. The van der Waals surface area contributed by atoms with Crippen molar-refractivity contribution in [3.8, 4) is 0 Å². The molecule has 1 atom stereocenters. The number of esters is 1. The van der Waals surface area contributed by atoms with Crippen LogP contribution in [0.2, 0.25) is 5.02 Å². The number of rotatable bonds is 3. The molecule has 0 aromatic heterocycles. The maximum absolute atomic E-state index is 11.3. The number of ether oxygens (including phenoxy) is 1. The van der Waals surface area contributed by atoms with Gasteiger partial charge in [-0.15, -0.1) is 0 Å². The summed E-state index contributed by atoms with van der Waals surface area (Å²) >= 11 is 3.24. The van der Waals surface area contributed by atoms with Crippen LogP contribution in [-0.4, -0.2) is 21.3 Å². The van der Waals surface area contributed by atoms with Crippen molar-refractivity contribution in [2.24, 2.45) is 0 Å². The largest absolute Gasteiger partial charge is 1.00 e. The Bertz CT molecular complexity index is 410. The third-order valence-electron chi connectivity index (χ3n) is 1.57. The van der Waals surface area contributed by atoms with E-state index < -0.39 is 17.0 Å². The van der Waals surface area contributed by atoms with E-state index in [4.69, 9.17) is 16.3 Å². The summed E-state index contributed by atoms with van der Waals surface area (Å²) in [6.45, 7) is 1.89. The second-order valence-electron chi connectivity index (χ2n) is 2.63. The van der Waals surface area contributed by atoms with Crippen LogP contribution in [0.4, 0.5) is 0 Å². The number of benzene rings is 1. The monoisotopic (exact) mass is 270 g/mol. The van der Waals surface area contributed by atoms with Gasteiger partial charge in [0.25, 0.3) is 0 Å². The van der Waals surface area contributed by atoms with Crippen molar-refractivity contribution in [2.45, 2.75) is 11.8 Å². The second kappa shape index (κ2) is 7.42. The Kier molecular flexibility index (Phi) is 7.46. The number of hydrogen-bond donors (Lipinski definition) is 0. The van der Waals surface area contributed by atoms with E-state index in [9.17, 15) is 13.6 Å². The number of carbonyl (C=O) groups excluding carboxylic acids is 1. The number of halogens is 1. The van der Waals surface area contributed by atoms with E-state index in [0.29, 0.717) is 0 Å². The topological polar surface area (TPSA) is 66.4 Å². The van der Waals surface area contributed by atoms with Crippen LogP contribution in [0.3, 0.4) is 0 Å². The van der Waals surface area contributed by atoms with E-state index in [1.807, 2.05) is 0 Å². The van der Waals surface area contributed by atoms with Crippen molar-refractivity contribution < 1.29 is 47.9 Å². The number of hydrogen-bond acceptors (Lipinski definition) is 4. The molecule has 0 N–H and O–H groups in total. The molecule has 0 fully saturated rings. The summed E-state index contributed by atoms with van der Waals surface area (Å²) in [5, 5.41) is 0.180. The van der Waals surface area contributed by atoms with Gasteiger partial charge in [-0.3, -0.25) is 4.21 Å². The summed E-state index contributed by atoms with van der Waals surface area (Å²) < 4.78 is 26.1. The van der Waals surface area contributed by atoms with E-state index in [-0.39, 0.29) is 51.6 Å². The molecule has 1 rings (SSSR count). The fourth-order valence-corrected chi connectivity index (χ4v) is 1.74. The molecule has 0 aliphatic carbocycles. The quantitative estimate of drug-likeness (QED) is 0.391. The van der Waals surface area contributed by atoms with Crippen LogP contribution in [0.1, 0.15) is 17.3 Å². The van der Waals surface area contributed by atoms with Crippen molar-refractivity contribution >= 4 is 28.7 Å². The first-order chi connectivity index (χ1) is 7.04. The zero-order valence-corrected chi connectivity index (χ0v) is 12.4. The molecule has 7 heteroatoms. The summed E-state index contributed by atoms with van der Waals surface area (Å²) in [5.74, 6) is -0.591. The van der Waals surface area contributed by atoms with E-state index in [1.165, 1.54) is 18.2 Å². The van der Waals surface area contributed by atoms with Gasteiger partial charge in [-0.2, -0.15) is 0 Å². The van der Waals surface area contributed by atoms with Crippen molar-refractivity contribution in [1.29, 1.82) is 0 Å². The second-order valence-corrected chi connectivity index (χ2v) is 4.01. The summed E-state index contributed by atoms with van der Waals surface area (Å²) in [6.07, 6.45) is 0. The fourth-order valence-electron chi connectivity index (χ4n) is 0.991. The normalized spacial score (nSPS) is 11.4. The minimum atomic E-state index is -2.41. The predicted molar refractivity (Wildman–Crippen MR) is 54.6 cm³/mol. The van der Waals surface area contributed by atoms with Gasteiger partial charge >= 0.3 is 35.5 Å². The van der Waals surface area contributed by atoms with Crippen LogP contribution in [0.25, 0.3) is 0 Å². The van der Waals surface area contributed by atoms with Gasteiger partial charge in [0.2, 0.25) is 0 Å². The Labute approximate surface area is 123 Å². The summed E-state index contributed by atoms with van der Waals surface area (Å²) in [5.41, 5.74) is 0.128. The van der Waals surface area contributed by atoms with Gasteiger partial charge < -0.3 is 9.29 Å². The van der Waals surface area contributed by atoms with Crippen molar-refractivity contribution in [3.05, 3.63) is 28.8 Å². The zero-order valence-electron chi connectivity index (χ0n) is 8.86. The first-order valence-electron chi connectivity index (χ1n) is 4.11. The molecule has 0 saturated carbocycles. The Morgan fingerprint density at radius 1 is 1.50 bits per heavy atom. The van der Waals surface area contributed by atoms with Crippen molar-refractivity contribution in [2.75, 3.05) is 6.61 Å². The molecule has 82 valence electrons. The Balaban J connectivity index is 0.00000225.